The van der Waals surface area contributed by atoms with Crippen LogP contribution in [-0.4, -0.2) is 0 Å². The van der Waals surface area contributed by atoms with E-state index in [1.807, 2.05) is 0 Å². The summed E-state index contributed by atoms with van der Waals surface area (Å²) >= 11 is 0. The Bertz CT molecular complexity index is 828. The van der Waals surface area contributed by atoms with Gasteiger partial charge in [-0.05, 0) is 51.1 Å². The number of hydrogen-bond acceptors (Lipinski definition) is 0. The molecule has 0 heterocycles. The van der Waals surface area contributed by atoms with Crippen molar-refractivity contribution < 1.29 is 0 Å². The van der Waals surface area contributed by atoms with Gasteiger partial charge < -0.3 is 0 Å². The molecule has 0 nitrogen and oxygen atoms in total. The van der Waals surface area contributed by atoms with Crippen LogP contribution in [0.4, 0.5) is 0 Å². The van der Waals surface area contributed by atoms with Crippen LogP contribution in [0, 0.1) is 5.92 Å². The van der Waals surface area contributed by atoms with Crippen LogP contribution in [0.15, 0.2) is 73.3 Å². The highest BCUT2D eigenvalue weighted by molar-refractivity contribution is 6.22. The molecule has 0 heteroatoms. The zero-order valence-corrected chi connectivity index (χ0v) is 14.2. The molecule has 4 aromatic carbocycles. The fourth-order valence-corrected chi connectivity index (χ4v) is 4.04. The van der Waals surface area contributed by atoms with Gasteiger partial charge in [0.05, 0.1) is 0 Å². The smallest absolute Gasteiger partial charge is 0.00268 e. The molecule has 0 saturated heterocycles. The molecule has 0 bridgehead atoms. The first kappa shape index (κ1) is 15.2. The molecular formula is C24H24. The van der Waals surface area contributed by atoms with Gasteiger partial charge in [-0.25, -0.2) is 0 Å². The average Bonchev–Trinajstić information content (AvgIpc) is 2.67. The molecule has 0 N–H and O–H groups in total. The van der Waals surface area contributed by atoms with Crippen LogP contribution in [0.2, 0.25) is 0 Å². The normalized spacial score (nSPS) is 15.5. The predicted molar refractivity (Wildman–Crippen MR) is 107 cm³/mol. The summed E-state index contributed by atoms with van der Waals surface area (Å²) in [6, 6.07) is 21.9. The van der Waals surface area contributed by atoms with E-state index in [4.69, 9.17) is 0 Å². The van der Waals surface area contributed by atoms with E-state index in [2.05, 4.69) is 73.3 Å². The third kappa shape index (κ3) is 2.78. The quantitative estimate of drug-likeness (QED) is 0.255. The highest BCUT2D eigenvalue weighted by Gasteiger charge is 2.08. The summed E-state index contributed by atoms with van der Waals surface area (Å²) in [6.45, 7) is 3.78. The van der Waals surface area contributed by atoms with Crippen molar-refractivity contribution in [2.45, 2.75) is 32.1 Å². The molecule has 0 spiro atoms. The molecule has 0 radical (unpaired) electrons. The topological polar surface area (TPSA) is 0 Å². The lowest BCUT2D eigenvalue weighted by molar-refractivity contribution is 0.420. The van der Waals surface area contributed by atoms with E-state index in [-0.39, 0.29) is 0 Å². The van der Waals surface area contributed by atoms with Gasteiger partial charge in [-0.15, -0.1) is 6.58 Å². The molecular weight excluding hydrogens is 288 g/mol. The summed E-state index contributed by atoms with van der Waals surface area (Å²) in [5.74, 6) is 0.851. The van der Waals surface area contributed by atoms with Crippen molar-refractivity contribution in [3.8, 4) is 0 Å². The number of benzene rings is 4. The maximum atomic E-state index is 3.78. The summed E-state index contributed by atoms with van der Waals surface area (Å²) in [6.07, 6.45) is 9.20. The molecule has 0 amide bonds. The molecule has 0 aromatic heterocycles. The second-order valence-corrected chi connectivity index (χ2v) is 6.92. The van der Waals surface area contributed by atoms with Gasteiger partial charge in [-0.3, -0.25) is 0 Å². The van der Waals surface area contributed by atoms with Crippen molar-refractivity contribution in [1.29, 1.82) is 0 Å². The minimum absolute atomic E-state index is 0.851. The number of hydrogen-bond donors (Lipinski definition) is 0. The molecule has 0 unspecified atom stereocenters. The molecule has 1 fully saturated rings. The Hall–Kier alpha value is -2.34. The first-order valence-electron chi connectivity index (χ1n) is 9.12. The zero-order valence-electron chi connectivity index (χ0n) is 14.2. The Balaban J connectivity index is 0.000000155. The van der Waals surface area contributed by atoms with Gasteiger partial charge in [0.15, 0.2) is 0 Å². The molecule has 120 valence electrons. The maximum Gasteiger partial charge on any atom is -0.00268 e. The Labute approximate surface area is 144 Å². The molecule has 5 rings (SSSR count). The minimum atomic E-state index is 0.851. The summed E-state index contributed by atoms with van der Waals surface area (Å²) in [5.41, 5.74) is 0. The van der Waals surface area contributed by atoms with Gasteiger partial charge in [-0.2, -0.15) is 0 Å². The lowest BCUT2D eigenvalue weighted by atomic mass is 9.90. The van der Waals surface area contributed by atoms with Crippen molar-refractivity contribution in [2.75, 3.05) is 0 Å². The third-order valence-electron chi connectivity index (χ3n) is 5.38. The van der Waals surface area contributed by atoms with Crippen LogP contribution in [0.5, 0.6) is 0 Å². The number of rotatable bonds is 1. The fourth-order valence-electron chi connectivity index (χ4n) is 4.04. The lowest BCUT2D eigenvalue weighted by Gasteiger charge is -2.16. The molecule has 1 aliphatic rings. The van der Waals surface area contributed by atoms with Crippen LogP contribution < -0.4 is 0 Å². The Morgan fingerprint density at radius 1 is 0.625 bits per heavy atom. The minimum Gasteiger partial charge on any atom is -0.103 e. The maximum absolute atomic E-state index is 3.78. The second-order valence-electron chi connectivity index (χ2n) is 6.92. The lowest BCUT2D eigenvalue weighted by Crippen LogP contribution is -2.01. The first-order valence-corrected chi connectivity index (χ1v) is 9.12. The van der Waals surface area contributed by atoms with E-state index in [9.17, 15) is 0 Å². The van der Waals surface area contributed by atoms with Gasteiger partial charge in [0.1, 0.15) is 0 Å². The Kier molecular flexibility index (Phi) is 4.21. The van der Waals surface area contributed by atoms with E-state index in [1.54, 1.807) is 0 Å². The van der Waals surface area contributed by atoms with Crippen LogP contribution in [-0.2, 0) is 0 Å². The molecule has 24 heavy (non-hydrogen) atoms. The summed E-state index contributed by atoms with van der Waals surface area (Å²) in [4.78, 5) is 0. The molecule has 0 aliphatic heterocycles. The van der Waals surface area contributed by atoms with Gasteiger partial charge in [0.25, 0.3) is 0 Å². The van der Waals surface area contributed by atoms with Crippen molar-refractivity contribution >= 4 is 32.3 Å². The second kappa shape index (κ2) is 6.65. The van der Waals surface area contributed by atoms with Crippen molar-refractivity contribution in [1.82, 2.24) is 0 Å². The van der Waals surface area contributed by atoms with E-state index < -0.39 is 0 Å². The highest BCUT2D eigenvalue weighted by atomic mass is 14.1. The van der Waals surface area contributed by atoms with Gasteiger partial charge in [-0.1, -0.05) is 86.0 Å². The standard InChI is InChI=1S/C16H10.C8H14/c1-3-11-7-9-13-5-2-6-14-10-8-12(4-1)15(11)16(13)14;1-2-8-6-4-3-5-7-8/h1-10H;2,8H,1,3-7H2. The van der Waals surface area contributed by atoms with Crippen molar-refractivity contribution in [3.63, 3.8) is 0 Å². The zero-order chi connectivity index (χ0) is 16.4. The predicted octanol–water partition coefficient (Wildman–Crippen LogP) is 7.34. The van der Waals surface area contributed by atoms with Crippen LogP contribution in [0.3, 0.4) is 0 Å². The van der Waals surface area contributed by atoms with Gasteiger partial charge in [0.2, 0.25) is 0 Å². The first-order chi connectivity index (χ1) is 11.9. The molecule has 0 atom stereocenters. The molecule has 1 aliphatic carbocycles. The van der Waals surface area contributed by atoms with Crippen molar-refractivity contribution in [2.24, 2.45) is 5.92 Å². The van der Waals surface area contributed by atoms with Gasteiger partial charge in [0, 0.05) is 0 Å². The monoisotopic (exact) mass is 312 g/mol. The fraction of sp³-hybridized carbons (Fsp3) is 0.250. The average molecular weight is 312 g/mol. The van der Waals surface area contributed by atoms with Crippen LogP contribution >= 0.6 is 0 Å². The Morgan fingerprint density at radius 2 is 1.04 bits per heavy atom. The summed E-state index contributed by atoms with van der Waals surface area (Å²) in [5, 5.41) is 8.14. The van der Waals surface area contributed by atoms with E-state index >= 15 is 0 Å². The summed E-state index contributed by atoms with van der Waals surface area (Å²) < 4.78 is 0. The third-order valence-corrected chi connectivity index (χ3v) is 5.38. The van der Waals surface area contributed by atoms with Crippen LogP contribution in [0.1, 0.15) is 32.1 Å². The largest absolute Gasteiger partial charge is 0.103 e. The Morgan fingerprint density at radius 3 is 1.38 bits per heavy atom. The molecule has 4 aromatic rings. The highest BCUT2D eigenvalue weighted by Crippen LogP contribution is 2.33. The SMILES string of the molecule is C=CC1CCCCC1.c1cc2ccc3cccc4ccc(c1)c2c34. The molecule has 1 saturated carbocycles. The van der Waals surface area contributed by atoms with Crippen LogP contribution in [0.25, 0.3) is 32.3 Å². The van der Waals surface area contributed by atoms with E-state index in [0.717, 1.165) is 5.92 Å². The number of allylic oxidation sites excluding steroid dienone is 1. The van der Waals surface area contributed by atoms with E-state index in [0.29, 0.717) is 0 Å². The van der Waals surface area contributed by atoms with Gasteiger partial charge >= 0.3 is 0 Å². The van der Waals surface area contributed by atoms with Crippen molar-refractivity contribution in [3.05, 3.63) is 73.3 Å². The van der Waals surface area contributed by atoms with E-state index in [1.165, 1.54) is 64.4 Å². The summed E-state index contributed by atoms with van der Waals surface area (Å²) in [7, 11) is 0.